The predicted octanol–water partition coefficient (Wildman–Crippen LogP) is 1.88. The van der Waals surface area contributed by atoms with Gasteiger partial charge in [0, 0.05) is 0 Å². The number of ether oxygens (including phenoxy) is 1. The minimum absolute atomic E-state index is 0.0863. The molecule has 1 rings (SSSR count). The van der Waals surface area contributed by atoms with E-state index in [2.05, 4.69) is 4.98 Å². The predicted molar refractivity (Wildman–Crippen MR) is 54.2 cm³/mol. The maximum atomic E-state index is 11.4. The number of nitrogens with zero attached hydrogens (tertiary/aromatic N) is 1. The number of carbonyl (C=O) groups excluding carboxylic acids is 1. The molecule has 0 atom stereocenters. The van der Waals surface area contributed by atoms with Gasteiger partial charge < -0.3 is 10.5 Å². The number of nitrogens with two attached hydrogens (primary N) is 1. The molecule has 76 valence electrons. The van der Waals surface area contributed by atoms with Crippen LogP contribution in [0.1, 0.15) is 24.2 Å². The summed E-state index contributed by atoms with van der Waals surface area (Å²) < 4.78 is 4.95. The Bertz CT molecular complexity index is 353. The van der Waals surface area contributed by atoms with E-state index in [1.165, 1.54) is 12.1 Å². The fourth-order valence-corrected chi connectivity index (χ4v) is 1.05. The van der Waals surface area contributed by atoms with E-state index < -0.39 is 5.97 Å². The van der Waals surface area contributed by atoms with E-state index in [9.17, 15) is 4.79 Å². The standard InChI is InChI=1S/C9H11ClN2O2/c1-5(2)14-9(13)6-3-4-7(10)12-8(6)11/h3-5H,1-2H3,(H2,11,12). The number of pyridine rings is 1. The van der Waals surface area contributed by atoms with Crippen LogP contribution in [0.3, 0.4) is 0 Å². The van der Waals surface area contributed by atoms with E-state index >= 15 is 0 Å². The molecule has 0 unspecified atom stereocenters. The molecule has 14 heavy (non-hydrogen) atoms. The molecule has 1 aromatic heterocycles. The molecule has 4 nitrogen and oxygen atoms in total. The number of carbonyl (C=O) groups is 1. The van der Waals surface area contributed by atoms with Crippen molar-refractivity contribution in [3.63, 3.8) is 0 Å². The lowest BCUT2D eigenvalue weighted by Gasteiger charge is -2.08. The van der Waals surface area contributed by atoms with Crippen LogP contribution in [0.5, 0.6) is 0 Å². The molecule has 2 N–H and O–H groups in total. The number of esters is 1. The molecule has 0 amide bonds. The van der Waals surface area contributed by atoms with E-state index in [1.807, 2.05) is 0 Å². The second kappa shape index (κ2) is 4.28. The lowest BCUT2D eigenvalue weighted by molar-refractivity contribution is 0.0379. The molecule has 1 aromatic rings. The Morgan fingerprint density at radius 2 is 2.21 bits per heavy atom. The third kappa shape index (κ3) is 2.60. The number of nitrogen functional groups attached to an aromatic ring is 1. The number of halogens is 1. The third-order valence-electron chi connectivity index (χ3n) is 1.45. The molecule has 0 saturated carbocycles. The summed E-state index contributed by atoms with van der Waals surface area (Å²) in [6.45, 7) is 3.52. The molecule has 0 fully saturated rings. The second-order valence-electron chi connectivity index (χ2n) is 3.02. The summed E-state index contributed by atoms with van der Waals surface area (Å²) in [7, 11) is 0. The van der Waals surface area contributed by atoms with Crippen LogP contribution < -0.4 is 5.73 Å². The van der Waals surface area contributed by atoms with Crippen molar-refractivity contribution in [2.45, 2.75) is 20.0 Å². The largest absolute Gasteiger partial charge is 0.459 e. The molecule has 0 aliphatic carbocycles. The lowest BCUT2D eigenvalue weighted by Crippen LogP contribution is -2.14. The monoisotopic (exact) mass is 214 g/mol. The Kier molecular flexibility index (Phi) is 3.30. The van der Waals surface area contributed by atoms with E-state index in [0.717, 1.165) is 0 Å². The van der Waals surface area contributed by atoms with Crippen LogP contribution in [0, 0.1) is 0 Å². The molecular weight excluding hydrogens is 204 g/mol. The quantitative estimate of drug-likeness (QED) is 0.603. The van der Waals surface area contributed by atoms with Gasteiger partial charge in [0.05, 0.1) is 6.10 Å². The van der Waals surface area contributed by atoms with Gasteiger partial charge in [-0.1, -0.05) is 11.6 Å². The minimum Gasteiger partial charge on any atom is -0.459 e. The van der Waals surface area contributed by atoms with Crippen LogP contribution in [0.25, 0.3) is 0 Å². The van der Waals surface area contributed by atoms with Gasteiger partial charge in [0.15, 0.2) is 0 Å². The van der Waals surface area contributed by atoms with Crippen LogP contribution in [-0.2, 0) is 4.74 Å². The molecule has 0 aliphatic rings. The molecular formula is C9H11ClN2O2. The Balaban J connectivity index is 2.90. The van der Waals surface area contributed by atoms with Crippen molar-refractivity contribution in [2.24, 2.45) is 0 Å². The maximum Gasteiger partial charge on any atom is 0.342 e. The molecule has 0 aliphatic heterocycles. The van der Waals surface area contributed by atoms with Crippen LogP contribution in [0.2, 0.25) is 5.15 Å². The maximum absolute atomic E-state index is 11.4. The van der Waals surface area contributed by atoms with Crippen molar-refractivity contribution in [1.82, 2.24) is 4.98 Å². The van der Waals surface area contributed by atoms with Gasteiger partial charge in [-0.15, -0.1) is 0 Å². The minimum atomic E-state index is -0.485. The highest BCUT2D eigenvalue weighted by atomic mass is 35.5. The molecule has 1 heterocycles. The first-order valence-corrected chi connectivity index (χ1v) is 4.51. The molecule has 0 radical (unpaired) electrons. The molecule has 0 aromatic carbocycles. The number of hydrogen-bond donors (Lipinski definition) is 1. The summed E-state index contributed by atoms with van der Waals surface area (Å²) in [6.07, 6.45) is -0.183. The van der Waals surface area contributed by atoms with Crippen molar-refractivity contribution in [2.75, 3.05) is 5.73 Å². The van der Waals surface area contributed by atoms with Gasteiger partial charge in [-0.2, -0.15) is 0 Å². The summed E-state index contributed by atoms with van der Waals surface area (Å²) in [5.74, 6) is -0.398. The summed E-state index contributed by atoms with van der Waals surface area (Å²) in [4.78, 5) is 15.1. The molecule has 5 heteroatoms. The second-order valence-corrected chi connectivity index (χ2v) is 3.41. The summed E-state index contributed by atoms with van der Waals surface area (Å²) in [6, 6.07) is 2.99. The molecule has 0 spiro atoms. The van der Waals surface area contributed by atoms with Crippen molar-refractivity contribution in [1.29, 1.82) is 0 Å². The number of anilines is 1. The Labute approximate surface area is 87.0 Å². The van der Waals surface area contributed by atoms with Gasteiger partial charge in [-0.05, 0) is 26.0 Å². The van der Waals surface area contributed by atoms with E-state index in [-0.39, 0.29) is 22.6 Å². The fraction of sp³-hybridized carbons (Fsp3) is 0.333. The summed E-state index contributed by atoms with van der Waals surface area (Å²) >= 11 is 5.58. The first-order chi connectivity index (χ1) is 6.50. The summed E-state index contributed by atoms with van der Waals surface area (Å²) in [5, 5.41) is 0.253. The van der Waals surface area contributed by atoms with Gasteiger partial charge in [0.2, 0.25) is 0 Å². The number of aromatic nitrogens is 1. The zero-order valence-corrected chi connectivity index (χ0v) is 8.71. The lowest BCUT2D eigenvalue weighted by atomic mass is 10.2. The topological polar surface area (TPSA) is 65.2 Å². The van der Waals surface area contributed by atoms with Crippen molar-refractivity contribution in [3.8, 4) is 0 Å². The highest BCUT2D eigenvalue weighted by Gasteiger charge is 2.13. The normalized spacial score (nSPS) is 10.3. The molecule has 0 saturated heterocycles. The highest BCUT2D eigenvalue weighted by Crippen LogP contribution is 2.14. The van der Waals surface area contributed by atoms with Crippen molar-refractivity contribution >= 4 is 23.4 Å². The fourth-order valence-electron chi connectivity index (χ4n) is 0.900. The SMILES string of the molecule is CC(C)OC(=O)c1ccc(Cl)nc1N. The zero-order chi connectivity index (χ0) is 10.7. The van der Waals surface area contributed by atoms with E-state index in [1.54, 1.807) is 13.8 Å². The number of rotatable bonds is 2. The zero-order valence-electron chi connectivity index (χ0n) is 7.95. The Morgan fingerprint density at radius 3 is 2.71 bits per heavy atom. The van der Waals surface area contributed by atoms with Crippen LogP contribution >= 0.6 is 11.6 Å². The number of hydrogen-bond acceptors (Lipinski definition) is 4. The van der Waals surface area contributed by atoms with Crippen LogP contribution in [0.4, 0.5) is 5.82 Å². The average Bonchev–Trinajstić information content (AvgIpc) is 2.01. The van der Waals surface area contributed by atoms with E-state index in [4.69, 9.17) is 22.1 Å². The van der Waals surface area contributed by atoms with Crippen LogP contribution in [-0.4, -0.2) is 17.1 Å². The average molecular weight is 215 g/mol. The Hall–Kier alpha value is -1.29. The summed E-state index contributed by atoms with van der Waals surface area (Å²) in [5.41, 5.74) is 5.74. The van der Waals surface area contributed by atoms with Gasteiger partial charge in [0.25, 0.3) is 0 Å². The van der Waals surface area contributed by atoms with Gasteiger partial charge in [-0.25, -0.2) is 9.78 Å². The van der Waals surface area contributed by atoms with Crippen molar-refractivity contribution in [3.05, 3.63) is 22.8 Å². The highest BCUT2D eigenvalue weighted by molar-refractivity contribution is 6.29. The third-order valence-corrected chi connectivity index (χ3v) is 1.66. The van der Waals surface area contributed by atoms with E-state index in [0.29, 0.717) is 0 Å². The molecule has 0 bridgehead atoms. The smallest absolute Gasteiger partial charge is 0.342 e. The first-order valence-electron chi connectivity index (χ1n) is 4.13. The van der Waals surface area contributed by atoms with Gasteiger partial charge in [-0.3, -0.25) is 0 Å². The van der Waals surface area contributed by atoms with Crippen molar-refractivity contribution < 1.29 is 9.53 Å². The first kappa shape index (κ1) is 10.8. The van der Waals surface area contributed by atoms with Gasteiger partial charge >= 0.3 is 5.97 Å². The van der Waals surface area contributed by atoms with Crippen LogP contribution in [0.15, 0.2) is 12.1 Å². The van der Waals surface area contributed by atoms with Gasteiger partial charge in [0.1, 0.15) is 16.5 Å². The Morgan fingerprint density at radius 1 is 1.57 bits per heavy atom.